The van der Waals surface area contributed by atoms with Crippen LogP contribution in [-0.2, 0) is 10.0 Å². The first-order valence-corrected chi connectivity index (χ1v) is 10.9. The van der Waals surface area contributed by atoms with Crippen LogP contribution in [0.4, 0.5) is 11.5 Å². The molecule has 1 aliphatic heterocycles. The van der Waals surface area contributed by atoms with Crippen molar-refractivity contribution in [2.75, 3.05) is 36.8 Å². The van der Waals surface area contributed by atoms with E-state index < -0.39 is 10.0 Å². The number of pyridine rings is 2. The molecule has 8 heteroatoms. The van der Waals surface area contributed by atoms with Crippen LogP contribution in [0.2, 0.25) is 0 Å². The minimum Gasteiger partial charge on any atom is -0.384 e. The molecule has 0 bridgehead atoms. The first-order valence-electron chi connectivity index (χ1n) is 9.43. The first-order chi connectivity index (χ1) is 13.9. The van der Waals surface area contributed by atoms with E-state index in [9.17, 15) is 8.42 Å². The lowest BCUT2D eigenvalue weighted by atomic mass is 10.0. The molecule has 0 aliphatic carbocycles. The van der Waals surface area contributed by atoms with E-state index in [2.05, 4.69) is 14.9 Å². The number of aromatic nitrogens is 2. The summed E-state index contributed by atoms with van der Waals surface area (Å²) in [5, 5.41) is 0. The van der Waals surface area contributed by atoms with Gasteiger partial charge >= 0.3 is 0 Å². The topological polar surface area (TPSA) is 92.4 Å². The third kappa shape index (κ3) is 3.94. The molecule has 150 valence electrons. The molecule has 1 aliphatic rings. The molecular weight excluding hydrogens is 386 g/mol. The molecule has 2 N–H and O–H groups in total. The fourth-order valence-corrected chi connectivity index (χ4v) is 5.07. The summed E-state index contributed by atoms with van der Waals surface area (Å²) < 4.78 is 27.8. The van der Waals surface area contributed by atoms with Gasteiger partial charge in [-0.15, -0.1) is 0 Å². The zero-order valence-corrected chi connectivity index (χ0v) is 17.0. The number of nitrogen functional groups attached to an aromatic ring is 1. The maximum atomic E-state index is 13.1. The van der Waals surface area contributed by atoms with Crippen LogP contribution in [0.25, 0.3) is 11.1 Å². The Hall–Kier alpha value is -2.97. The van der Waals surface area contributed by atoms with Gasteiger partial charge in [-0.3, -0.25) is 4.98 Å². The molecule has 1 fully saturated rings. The second-order valence-electron chi connectivity index (χ2n) is 7.05. The Morgan fingerprint density at radius 1 is 1.00 bits per heavy atom. The van der Waals surface area contributed by atoms with Gasteiger partial charge in [0.2, 0.25) is 10.0 Å². The number of sulfonamides is 1. The Kier molecular flexibility index (Phi) is 5.21. The number of nitrogens with two attached hydrogens (primary N) is 1. The Morgan fingerprint density at radius 3 is 2.41 bits per heavy atom. The Morgan fingerprint density at radius 2 is 1.79 bits per heavy atom. The van der Waals surface area contributed by atoms with Gasteiger partial charge in [-0.1, -0.05) is 6.07 Å². The van der Waals surface area contributed by atoms with E-state index >= 15 is 0 Å². The minimum atomic E-state index is -3.54. The highest BCUT2D eigenvalue weighted by molar-refractivity contribution is 7.89. The Labute approximate surface area is 170 Å². The van der Waals surface area contributed by atoms with E-state index in [4.69, 9.17) is 5.73 Å². The molecule has 0 saturated carbocycles. The predicted octanol–water partition coefficient (Wildman–Crippen LogP) is 2.55. The highest BCUT2D eigenvalue weighted by Crippen LogP contribution is 2.27. The molecule has 0 spiro atoms. The van der Waals surface area contributed by atoms with Gasteiger partial charge in [-0.05, 0) is 54.4 Å². The summed E-state index contributed by atoms with van der Waals surface area (Å²) in [4.78, 5) is 10.7. The van der Waals surface area contributed by atoms with E-state index in [0.717, 1.165) is 22.4 Å². The number of hydrogen-bond acceptors (Lipinski definition) is 6. The fraction of sp³-hybridized carbons (Fsp3) is 0.238. The van der Waals surface area contributed by atoms with Gasteiger partial charge < -0.3 is 10.6 Å². The summed E-state index contributed by atoms with van der Waals surface area (Å²) >= 11 is 0. The lowest BCUT2D eigenvalue weighted by Crippen LogP contribution is -2.48. The van der Waals surface area contributed by atoms with E-state index in [0.29, 0.717) is 36.9 Å². The van der Waals surface area contributed by atoms with Crippen molar-refractivity contribution in [1.82, 2.24) is 14.3 Å². The van der Waals surface area contributed by atoms with Crippen molar-refractivity contribution in [3.63, 3.8) is 0 Å². The summed E-state index contributed by atoms with van der Waals surface area (Å²) in [7, 11) is -3.54. The van der Waals surface area contributed by atoms with Gasteiger partial charge in [0.15, 0.2) is 0 Å². The zero-order chi connectivity index (χ0) is 20.4. The summed E-state index contributed by atoms with van der Waals surface area (Å²) in [6, 6.07) is 12.7. The van der Waals surface area contributed by atoms with Gasteiger partial charge in [0, 0.05) is 44.1 Å². The van der Waals surface area contributed by atoms with Crippen LogP contribution >= 0.6 is 0 Å². The molecule has 0 amide bonds. The Balaban J connectivity index is 1.52. The average Bonchev–Trinajstić information content (AvgIpc) is 2.75. The van der Waals surface area contributed by atoms with Crippen LogP contribution in [0.1, 0.15) is 5.56 Å². The quantitative estimate of drug-likeness (QED) is 0.712. The summed E-state index contributed by atoms with van der Waals surface area (Å²) in [6.45, 7) is 4.07. The number of piperazine rings is 1. The lowest BCUT2D eigenvalue weighted by molar-refractivity contribution is 0.385. The molecule has 0 radical (unpaired) electrons. The molecule has 0 atom stereocenters. The Bertz CT molecular complexity index is 1090. The number of aryl methyl sites for hydroxylation is 1. The SMILES string of the molecule is Cc1cc(S(=O)(=O)N2CCN(c3cccnc3)CC2)ccc1-c1ccc(N)nc1. The van der Waals surface area contributed by atoms with Crippen LogP contribution in [0.3, 0.4) is 0 Å². The highest BCUT2D eigenvalue weighted by atomic mass is 32.2. The number of nitrogens with zero attached hydrogens (tertiary/aromatic N) is 4. The number of anilines is 2. The second-order valence-corrected chi connectivity index (χ2v) is 8.99. The largest absolute Gasteiger partial charge is 0.384 e. The minimum absolute atomic E-state index is 0.317. The molecule has 3 heterocycles. The standard InChI is InChI=1S/C21H23N5O2S/c1-16-13-19(5-6-20(16)17-4-7-21(22)24-14-17)29(27,28)26-11-9-25(10-12-26)18-3-2-8-23-15-18/h2-8,13-15H,9-12H2,1H3,(H2,22,24). The van der Waals surface area contributed by atoms with Crippen molar-refractivity contribution in [2.45, 2.75) is 11.8 Å². The molecule has 7 nitrogen and oxygen atoms in total. The molecule has 3 aromatic rings. The van der Waals surface area contributed by atoms with Crippen LogP contribution in [-0.4, -0.2) is 48.9 Å². The predicted molar refractivity (Wildman–Crippen MR) is 114 cm³/mol. The third-order valence-electron chi connectivity index (χ3n) is 5.18. The summed E-state index contributed by atoms with van der Waals surface area (Å²) in [5.74, 6) is 0.455. The van der Waals surface area contributed by atoms with Crippen LogP contribution < -0.4 is 10.6 Å². The van der Waals surface area contributed by atoms with Crippen molar-refractivity contribution < 1.29 is 8.42 Å². The maximum absolute atomic E-state index is 13.1. The molecule has 1 aromatic carbocycles. The third-order valence-corrected chi connectivity index (χ3v) is 7.08. The monoisotopic (exact) mass is 409 g/mol. The number of rotatable bonds is 4. The number of hydrogen-bond donors (Lipinski definition) is 1. The van der Waals surface area contributed by atoms with Crippen molar-refractivity contribution in [1.29, 1.82) is 0 Å². The van der Waals surface area contributed by atoms with Crippen molar-refractivity contribution >= 4 is 21.5 Å². The van der Waals surface area contributed by atoms with Crippen molar-refractivity contribution in [3.05, 3.63) is 66.6 Å². The van der Waals surface area contributed by atoms with Crippen molar-refractivity contribution in [2.24, 2.45) is 0 Å². The van der Waals surface area contributed by atoms with Gasteiger partial charge in [-0.2, -0.15) is 4.31 Å². The van der Waals surface area contributed by atoms with E-state index in [1.54, 1.807) is 41.1 Å². The van der Waals surface area contributed by atoms with Crippen LogP contribution in [0, 0.1) is 6.92 Å². The lowest BCUT2D eigenvalue weighted by Gasteiger charge is -2.35. The maximum Gasteiger partial charge on any atom is 0.243 e. The molecular formula is C21H23N5O2S. The smallest absolute Gasteiger partial charge is 0.243 e. The van der Waals surface area contributed by atoms with Gasteiger partial charge in [0.05, 0.1) is 16.8 Å². The van der Waals surface area contributed by atoms with Crippen LogP contribution in [0.5, 0.6) is 0 Å². The van der Waals surface area contributed by atoms with E-state index in [1.807, 2.05) is 31.2 Å². The fourth-order valence-electron chi connectivity index (χ4n) is 3.56. The van der Waals surface area contributed by atoms with Crippen LogP contribution in [0.15, 0.2) is 66.0 Å². The molecule has 29 heavy (non-hydrogen) atoms. The van der Waals surface area contributed by atoms with Gasteiger partial charge in [0.1, 0.15) is 5.82 Å². The normalized spacial score (nSPS) is 15.4. The first kappa shape index (κ1) is 19.4. The van der Waals surface area contributed by atoms with Crippen molar-refractivity contribution in [3.8, 4) is 11.1 Å². The zero-order valence-electron chi connectivity index (χ0n) is 16.2. The summed E-state index contributed by atoms with van der Waals surface area (Å²) in [5.41, 5.74) is 9.40. The van der Waals surface area contributed by atoms with E-state index in [-0.39, 0.29) is 0 Å². The summed E-state index contributed by atoms with van der Waals surface area (Å²) in [6.07, 6.45) is 5.23. The second kappa shape index (κ2) is 7.81. The highest BCUT2D eigenvalue weighted by Gasteiger charge is 2.29. The number of benzene rings is 1. The molecule has 0 unspecified atom stereocenters. The van der Waals surface area contributed by atoms with Gasteiger partial charge in [-0.25, -0.2) is 13.4 Å². The average molecular weight is 410 g/mol. The van der Waals surface area contributed by atoms with E-state index in [1.165, 1.54) is 0 Å². The molecule has 2 aromatic heterocycles. The molecule has 1 saturated heterocycles. The van der Waals surface area contributed by atoms with Gasteiger partial charge in [0.25, 0.3) is 0 Å². The molecule has 4 rings (SSSR count).